The molecule has 3 rings (SSSR count). The smallest absolute Gasteiger partial charge is 0.270 e. The molecule has 2 N–H and O–H groups in total. The summed E-state index contributed by atoms with van der Waals surface area (Å²) in [4.78, 5) is 22.3. The monoisotopic (exact) mass is 449 g/mol. The van der Waals surface area contributed by atoms with E-state index in [1.165, 1.54) is 48.5 Å². The van der Waals surface area contributed by atoms with E-state index in [-0.39, 0.29) is 32.5 Å². The van der Waals surface area contributed by atoms with Crippen LogP contribution in [0.1, 0.15) is 10.4 Å². The van der Waals surface area contributed by atoms with Gasteiger partial charge in [0.1, 0.15) is 5.82 Å². The summed E-state index contributed by atoms with van der Waals surface area (Å²) in [6.45, 7) is 0. The summed E-state index contributed by atoms with van der Waals surface area (Å²) in [5.74, 6) is -1.35. The van der Waals surface area contributed by atoms with Crippen molar-refractivity contribution < 1.29 is 22.5 Å². The van der Waals surface area contributed by atoms with Crippen molar-refractivity contribution in [3.8, 4) is 0 Å². The van der Waals surface area contributed by atoms with Crippen molar-refractivity contribution in [2.24, 2.45) is 0 Å². The van der Waals surface area contributed by atoms with Gasteiger partial charge in [-0.3, -0.25) is 19.6 Å². The fourth-order valence-corrected chi connectivity index (χ4v) is 3.79. The number of benzene rings is 3. The van der Waals surface area contributed by atoms with Crippen LogP contribution in [0.2, 0.25) is 5.02 Å². The summed E-state index contributed by atoms with van der Waals surface area (Å²) >= 11 is 5.93. The van der Waals surface area contributed by atoms with Crippen molar-refractivity contribution >= 4 is 44.6 Å². The minimum absolute atomic E-state index is 0.0141. The molecule has 0 spiro atoms. The average Bonchev–Trinajstić information content (AvgIpc) is 2.69. The van der Waals surface area contributed by atoms with Gasteiger partial charge in [0.15, 0.2) is 0 Å². The number of nitrogens with zero attached hydrogens (tertiary/aromatic N) is 1. The summed E-state index contributed by atoms with van der Waals surface area (Å²) in [5, 5.41) is 13.2. The molecule has 1 amide bonds. The number of nitrogens with one attached hydrogen (secondary N) is 2. The third-order valence-electron chi connectivity index (χ3n) is 3.95. The number of carbonyl (C=O) groups is 1. The Balaban J connectivity index is 1.75. The quantitative estimate of drug-likeness (QED) is 0.426. The first kappa shape index (κ1) is 21.2. The van der Waals surface area contributed by atoms with Crippen molar-refractivity contribution in [1.82, 2.24) is 0 Å². The maximum absolute atomic E-state index is 13.7. The minimum Gasteiger partial charge on any atom is -0.322 e. The number of hydrogen-bond acceptors (Lipinski definition) is 5. The summed E-state index contributed by atoms with van der Waals surface area (Å²) in [5.41, 5.74) is -0.171. The Morgan fingerprint density at radius 2 is 1.70 bits per heavy atom. The van der Waals surface area contributed by atoms with Crippen LogP contribution in [-0.4, -0.2) is 19.2 Å². The van der Waals surface area contributed by atoms with Crippen LogP contribution in [0.15, 0.2) is 71.6 Å². The van der Waals surface area contributed by atoms with Crippen LogP contribution in [0, 0.1) is 15.9 Å². The van der Waals surface area contributed by atoms with Crippen LogP contribution < -0.4 is 10.0 Å². The molecule has 0 bridgehead atoms. The molecule has 0 saturated carbocycles. The molecule has 8 nitrogen and oxygen atoms in total. The minimum atomic E-state index is -4.04. The fraction of sp³-hybridized carbons (Fsp3) is 0. The number of para-hydroxylation sites is 1. The number of amides is 1. The molecule has 0 unspecified atom stereocenters. The van der Waals surface area contributed by atoms with Crippen LogP contribution >= 0.6 is 11.6 Å². The maximum Gasteiger partial charge on any atom is 0.270 e. The lowest BCUT2D eigenvalue weighted by molar-refractivity contribution is -0.384. The van der Waals surface area contributed by atoms with E-state index in [1.54, 1.807) is 0 Å². The molecule has 0 fully saturated rings. The Morgan fingerprint density at radius 3 is 2.30 bits per heavy atom. The van der Waals surface area contributed by atoms with Gasteiger partial charge in [0.2, 0.25) is 0 Å². The van der Waals surface area contributed by atoms with Crippen LogP contribution in [0.3, 0.4) is 0 Å². The lowest BCUT2D eigenvalue weighted by Crippen LogP contribution is -2.15. The van der Waals surface area contributed by atoms with Gasteiger partial charge < -0.3 is 5.32 Å². The molecule has 3 aromatic carbocycles. The first-order valence-corrected chi connectivity index (χ1v) is 10.2. The van der Waals surface area contributed by atoms with Crippen molar-refractivity contribution in [3.63, 3.8) is 0 Å². The lowest BCUT2D eigenvalue weighted by atomic mass is 10.2. The summed E-state index contributed by atoms with van der Waals surface area (Å²) in [7, 11) is -4.04. The normalized spacial score (nSPS) is 11.0. The van der Waals surface area contributed by atoms with E-state index in [9.17, 15) is 27.7 Å². The molecular weight excluding hydrogens is 437 g/mol. The van der Waals surface area contributed by atoms with Crippen molar-refractivity contribution in [1.29, 1.82) is 0 Å². The van der Waals surface area contributed by atoms with Crippen molar-refractivity contribution in [2.75, 3.05) is 10.0 Å². The van der Waals surface area contributed by atoms with Crippen molar-refractivity contribution in [3.05, 3.63) is 93.2 Å². The highest BCUT2D eigenvalue weighted by molar-refractivity contribution is 7.92. The number of rotatable bonds is 6. The molecule has 11 heteroatoms. The Labute approximate surface area is 175 Å². The SMILES string of the molecule is O=C(Nc1ccc(S(=O)(=O)Nc2ccccc2F)cc1)c1ccc([N+](=O)[O-])cc1Cl. The highest BCUT2D eigenvalue weighted by Gasteiger charge is 2.18. The first-order chi connectivity index (χ1) is 14.2. The zero-order chi connectivity index (χ0) is 21.9. The predicted octanol–water partition coefficient (Wildman–Crippen LogP) is 4.44. The molecule has 3 aromatic rings. The number of nitro groups is 1. The highest BCUT2D eigenvalue weighted by Crippen LogP contribution is 2.24. The average molecular weight is 450 g/mol. The summed E-state index contributed by atoms with van der Waals surface area (Å²) in [6.07, 6.45) is 0. The van der Waals surface area contributed by atoms with E-state index in [0.717, 1.165) is 18.2 Å². The Hall–Kier alpha value is -3.50. The topological polar surface area (TPSA) is 118 Å². The number of sulfonamides is 1. The third kappa shape index (κ3) is 4.73. The Morgan fingerprint density at radius 1 is 1.03 bits per heavy atom. The van der Waals surface area contributed by atoms with Gasteiger partial charge in [0.25, 0.3) is 21.6 Å². The van der Waals surface area contributed by atoms with E-state index < -0.39 is 26.7 Å². The van der Waals surface area contributed by atoms with E-state index >= 15 is 0 Å². The Kier molecular flexibility index (Phi) is 5.99. The van der Waals surface area contributed by atoms with Gasteiger partial charge in [-0.25, -0.2) is 12.8 Å². The van der Waals surface area contributed by atoms with Gasteiger partial charge in [0.05, 0.1) is 26.1 Å². The second-order valence-corrected chi connectivity index (χ2v) is 8.07. The number of hydrogen-bond donors (Lipinski definition) is 2. The van der Waals surface area contributed by atoms with Gasteiger partial charge in [-0.05, 0) is 42.5 Å². The van der Waals surface area contributed by atoms with E-state index in [4.69, 9.17) is 11.6 Å². The van der Waals surface area contributed by atoms with Gasteiger partial charge in [0, 0.05) is 17.8 Å². The molecule has 0 atom stereocenters. The van der Waals surface area contributed by atoms with Crippen LogP contribution in [-0.2, 0) is 10.0 Å². The van der Waals surface area contributed by atoms with E-state index in [0.29, 0.717) is 0 Å². The molecule has 0 aliphatic heterocycles. The van der Waals surface area contributed by atoms with Gasteiger partial charge in [-0.15, -0.1) is 0 Å². The van der Waals surface area contributed by atoms with E-state index in [1.807, 2.05) is 0 Å². The second-order valence-electron chi connectivity index (χ2n) is 5.99. The standard InChI is InChI=1S/C19H13ClFN3O5S/c20-16-11-13(24(26)27)7-10-15(16)19(25)22-12-5-8-14(9-6-12)30(28,29)23-18-4-2-1-3-17(18)21/h1-11,23H,(H,22,25). The number of carbonyl (C=O) groups excluding carboxylic acids is 1. The van der Waals surface area contributed by atoms with Crippen LogP contribution in [0.5, 0.6) is 0 Å². The molecule has 30 heavy (non-hydrogen) atoms. The predicted molar refractivity (Wildman–Crippen MR) is 110 cm³/mol. The number of halogens is 2. The third-order valence-corrected chi connectivity index (χ3v) is 5.64. The Bertz CT molecular complexity index is 1230. The highest BCUT2D eigenvalue weighted by atomic mass is 35.5. The zero-order valence-corrected chi connectivity index (χ0v) is 16.6. The maximum atomic E-state index is 13.7. The summed E-state index contributed by atoms with van der Waals surface area (Å²) in [6, 6.07) is 13.9. The van der Waals surface area contributed by atoms with Gasteiger partial charge in [-0.1, -0.05) is 23.7 Å². The van der Waals surface area contributed by atoms with E-state index in [2.05, 4.69) is 10.0 Å². The second kappa shape index (κ2) is 8.47. The molecule has 154 valence electrons. The number of non-ortho nitro benzene ring substituents is 1. The van der Waals surface area contributed by atoms with Crippen LogP contribution in [0.4, 0.5) is 21.5 Å². The zero-order valence-electron chi connectivity index (χ0n) is 15.0. The largest absolute Gasteiger partial charge is 0.322 e. The first-order valence-electron chi connectivity index (χ1n) is 8.30. The molecule has 0 radical (unpaired) electrons. The van der Waals surface area contributed by atoms with Gasteiger partial charge in [-0.2, -0.15) is 0 Å². The molecular formula is C19H13ClFN3O5S. The van der Waals surface area contributed by atoms with Crippen molar-refractivity contribution in [2.45, 2.75) is 4.90 Å². The molecule has 0 aliphatic rings. The molecule has 0 aliphatic carbocycles. The molecule has 0 aromatic heterocycles. The lowest BCUT2D eigenvalue weighted by Gasteiger charge is -2.10. The summed E-state index contributed by atoms with van der Waals surface area (Å²) < 4.78 is 40.6. The number of anilines is 2. The van der Waals surface area contributed by atoms with Gasteiger partial charge >= 0.3 is 0 Å². The molecule has 0 heterocycles. The number of nitro benzene ring substituents is 1. The van der Waals surface area contributed by atoms with Crippen LogP contribution in [0.25, 0.3) is 0 Å². The fourth-order valence-electron chi connectivity index (χ4n) is 2.47. The molecule has 0 saturated heterocycles.